The summed E-state index contributed by atoms with van der Waals surface area (Å²) < 4.78 is 0. The molecule has 1 saturated carbocycles. The number of hydrogen-bond donors (Lipinski definition) is 2. The predicted molar refractivity (Wildman–Crippen MR) is 102 cm³/mol. The van der Waals surface area contributed by atoms with E-state index in [0.29, 0.717) is 5.70 Å². The van der Waals surface area contributed by atoms with Crippen LogP contribution in [0.25, 0.3) is 0 Å². The molecule has 2 aromatic rings. The highest BCUT2D eigenvalue weighted by molar-refractivity contribution is 5.95. The molecule has 0 radical (unpaired) electrons. The van der Waals surface area contributed by atoms with E-state index in [1.54, 1.807) is 0 Å². The Kier molecular flexibility index (Phi) is 3.60. The number of nitrogens with zero attached hydrogens (tertiary/aromatic N) is 1. The molecule has 27 heavy (non-hydrogen) atoms. The minimum Gasteiger partial charge on any atom is -0.355 e. The molecule has 1 aliphatic carbocycles. The maximum Gasteiger partial charge on any atom is 0.270 e. The third-order valence-electron chi connectivity index (χ3n) is 5.42. The van der Waals surface area contributed by atoms with Gasteiger partial charge in [0.25, 0.3) is 5.91 Å². The van der Waals surface area contributed by atoms with Gasteiger partial charge >= 0.3 is 0 Å². The van der Waals surface area contributed by atoms with Gasteiger partial charge in [0.1, 0.15) is 11.9 Å². The van der Waals surface area contributed by atoms with Crippen molar-refractivity contribution < 1.29 is 9.78 Å². The van der Waals surface area contributed by atoms with Crippen molar-refractivity contribution in [1.29, 1.82) is 0 Å². The monoisotopic (exact) mass is 357 g/mol. The van der Waals surface area contributed by atoms with Crippen LogP contribution in [0.5, 0.6) is 0 Å². The average Bonchev–Trinajstić information content (AvgIpc) is 3.41. The molecule has 1 aromatic carbocycles. The topological polar surface area (TPSA) is 58.5 Å². The molecule has 3 heterocycles. The van der Waals surface area contributed by atoms with Gasteiger partial charge in [-0.05, 0) is 30.6 Å². The fourth-order valence-corrected chi connectivity index (χ4v) is 3.83. The molecule has 0 saturated heterocycles. The zero-order valence-corrected chi connectivity index (χ0v) is 14.9. The summed E-state index contributed by atoms with van der Waals surface area (Å²) in [7, 11) is 0. The highest BCUT2D eigenvalue weighted by atomic mass is 16.2. The van der Waals surface area contributed by atoms with Crippen molar-refractivity contribution in [2.45, 2.75) is 24.5 Å². The second-order valence-electron chi connectivity index (χ2n) is 7.15. The number of aromatic nitrogens is 1. The molecule has 3 aliphatic rings. The highest BCUT2D eigenvalue weighted by Gasteiger charge is 2.47. The summed E-state index contributed by atoms with van der Waals surface area (Å²) in [6.45, 7) is 0. The molecule has 0 spiro atoms. The molecule has 5 rings (SSSR count). The van der Waals surface area contributed by atoms with Gasteiger partial charge in [0, 0.05) is 23.9 Å². The molecule has 1 unspecified atom stereocenters. The van der Waals surface area contributed by atoms with Gasteiger partial charge in [-0.25, -0.2) is 4.98 Å². The van der Waals surface area contributed by atoms with Gasteiger partial charge in [-0.2, -0.15) is 0 Å². The van der Waals surface area contributed by atoms with E-state index in [-0.39, 0.29) is 17.6 Å². The molecule has 1 amide bonds. The Balaban J connectivity index is 1.43. The number of allylic oxidation sites excluding steroid dienone is 3. The molecule has 5 heteroatoms. The van der Waals surface area contributed by atoms with Gasteiger partial charge in [0.15, 0.2) is 12.4 Å². The van der Waals surface area contributed by atoms with Crippen molar-refractivity contribution >= 4 is 5.91 Å². The number of fused-ring (bicyclic) bond motifs is 1. The third-order valence-corrected chi connectivity index (χ3v) is 5.42. The van der Waals surface area contributed by atoms with E-state index < -0.39 is 0 Å². The lowest BCUT2D eigenvalue weighted by Gasteiger charge is -2.25. The van der Waals surface area contributed by atoms with E-state index >= 15 is 0 Å². The normalized spacial score (nSPS) is 21.6. The number of amides is 1. The van der Waals surface area contributed by atoms with Crippen LogP contribution in [0.15, 0.2) is 90.7 Å². The zero-order chi connectivity index (χ0) is 18.3. The predicted octanol–water partition coefficient (Wildman–Crippen LogP) is 2.51. The Labute approximate surface area is 158 Å². The van der Waals surface area contributed by atoms with Crippen LogP contribution in [0, 0.1) is 0 Å². The molecule has 1 fully saturated rings. The van der Waals surface area contributed by atoms with Crippen LogP contribution < -0.4 is 15.6 Å². The first-order chi connectivity index (χ1) is 13.3. The van der Waals surface area contributed by atoms with Crippen molar-refractivity contribution in [1.82, 2.24) is 15.5 Å². The number of hydrogen-bond acceptors (Lipinski definition) is 3. The van der Waals surface area contributed by atoms with Crippen molar-refractivity contribution in [3.63, 3.8) is 0 Å². The first-order valence-electron chi connectivity index (χ1n) is 9.25. The fraction of sp³-hybridized carbons (Fsp3) is 0.182. The first-order valence-corrected chi connectivity index (χ1v) is 9.25. The summed E-state index contributed by atoms with van der Waals surface area (Å²) in [5.74, 6) is -0.0544. The molecule has 5 nitrogen and oxygen atoms in total. The second kappa shape index (κ2) is 6.13. The van der Waals surface area contributed by atoms with Crippen LogP contribution in [0.4, 0.5) is 0 Å². The van der Waals surface area contributed by atoms with Crippen molar-refractivity contribution in [2.24, 2.45) is 0 Å². The Morgan fingerprint density at radius 3 is 2.63 bits per heavy atom. The van der Waals surface area contributed by atoms with Crippen LogP contribution in [0.3, 0.4) is 0 Å². The molecule has 1 aromatic heterocycles. The van der Waals surface area contributed by atoms with Gasteiger partial charge in [0.2, 0.25) is 0 Å². The van der Waals surface area contributed by atoms with Gasteiger partial charge < -0.3 is 15.5 Å². The molecular formula is C22H21N4O+. The minimum absolute atomic E-state index is 0.0544. The van der Waals surface area contributed by atoms with Crippen molar-refractivity contribution in [3.05, 3.63) is 102 Å². The molecule has 2 aliphatic heterocycles. The van der Waals surface area contributed by atoms with Crippen LogP contribution in [-0.2, 0) is 10.3 Å². The number of nitrogens with one attached hydrogen (secondary N) is 3. The number of pyridine rings is 1. The zero-order valence-electron chi connectivity index (χ0n) is 14.9. The molecule has 3 N–H and O–H groups in total. The van der Waals surface area contributed by atoms with E-state index in [1.807, 2.05) is 67.2 Å². The summed E-state index contributed by atoms with van der Waals surface area (Å²) >= 11 is 0. The summed E-state index contributed by atoms with van der Waals surface area (Å²) in [4.78, 5) is 18.3. The summed E-state index contributed by atoms with van der Waals surface area (Å²) in [6.07, 6.45) is 13.6. The Morgan fingerprint density at radius 1 is 1.11 bits per heavy atom. The SMILES string of the molecule is O=C(NC1(c2ccccc2)CC1)C1=C2C=CC=CN2C(c2cc[nH+]cc2)N1. The maximum atomic E-state index is 13.2. The summed E-state index contributed by atoms with van der Waals surface area (Å²) in [6, 6.07) is 14.3. The van der Waals surface area contributed by atoms with E-state index in [2.05, 4.69) is 32.7 Å². The third kappa shape index (κ3) is 2.72. The van der Waals surface area contributed by atoms with Crippen molar-refractivity contribution in [3.8, 4) is 0 Å². The smallest absolute Gasteiger partial charge is 0.270 e. The fourth-order valence-electron chi connectivity index (χ4n) is 3.83. The number of benzene rings is 1. The highest BCUT2D eigenvalue weighted by Crippen LogP contribution is 2.46. The average molecular weight is 357 g/mol. The van der Waals surface area contributed by atoms with Gasteiger partial charge in [0.05, 0.1) is 11.2 Å². The van der Waals surface area contributed by atoms with E-state index in [0.717, 1.165) is 24.1 Å². The lowest BCUT2D eigenvalue weighted by Crippen LogP contribution is -2.38. The lowest BCUT2D eigenvalue weighted by molar-refractivity contribution is -0.378. The van der Waals surface area contributed by atoms with Gasteiger partial charge in [-0.3, -0.25) is 4.79 Å². The van der Waals surface area contributed by atoms with E-state index in [9.17, 15) is 4.79 Å². The van der Waals surface area contributed by atoms with Gasteiger partial charge in [-0.15, -0.1) is 0 Å². The van der Waals surface area contributed by atoms with Crippen LogP contribution >= 0.6 is 0 Å². The molecule has 0 bridgehead atoms. The summed E-state index contributed by atoms with van der Waals surface area (Å²) in [5, 5.41) is 6.71. The lowest BCUT2D eigenvalue weighted by atomic mass is 10.0. The maximum absolute atomic E-state index is 13.2. The Hall–Kier alpha value is -3.34. The number of H-pyrrole nitrogens is 1. The van der Waals surface area contributed by atoms with Crippen LogP contribution in [-0.4, -0.2) is 10.8 Å². The Morgan fingerprint density at radius 2 is 1.89 bits per heavy atom. The number of aromatic amines is 1. The van der Waals surface area contributed by atoms with Gasteiger partial charge in [-0.1, -0.05) is 36.4 Å². The molecule has 134 valence electrons. The standard InChI is InChI=1S/C22H20N4O/c27-21(25-22(11-12-22)17-6-2-1-3-7-17)19-18-8-4-5-15-26(18)20(24-19)16-9-13-23-14-10-16/h1-10,13-15,20,24H,11-12H2,(H,25,27)/p+1. The number of carbonyl (C=O) groups is 1. The van der Waals surface area contributed by atoms with Crippen molar-refractivity contribution in [2.75, 3.05) is 0 Å². The second-order valence-corrected chi connectivity index (χ2v) is 7.15. The minimum atomic E-state index is -0.230. The molecular weight excluding hydrogens is 336 g/mol. The summed E-state index contributed by atoms with van der Waals surface area (Å²) in [5.41, 5.74) is 3.56. The van der Waals surface area contributed by atoms with Crippen LogP contribution in [0.2, 0.25) is 0 Å². The first kappa shape index (κ1) is 15.9. The van der Waals surface area contributed by atoms with Crippen LogP contribution in [0.1, 0.15) is 30.1 Å². The number of rotatable bonds is 4. The van der Waals surface area contributed by atoms with E-state index in [1.165, 1.54) is 5.56 Å². The van der Waals surface area contributed by atoms with E-state index in [4.69, 9.17) is 0 Å². The molecule has 1 atom stereocenters. The number of carbonyl (C=O) groups excluding carboxylic acids is 1. The largest absolute Gasteiger partial charge is 0.355 e. The Bertz CT molecular complexity index is 958. The quantitative estimate of drug-likeness (QED) is 0.884.